The number of hydrogen-bond donors (Lipinski definition) is 0. The largest absolute Gasteiger partial charge is 0.416 e. The highest BCUT2D eigenvalue weighted by Gasteiger charge is 2.39. The molecule has 3 aliphatic rings. The molecule has 0 bridgehead atoms. The first kappa shape index (κ1) is 24.1. The molecule has 2 saturated heterocycles. The first-order valence-electron chi connectivity index (χ1n) is 13.0. The van der Waals surface area contributed by atoms with E-state index >= 15 is 0 Å². The third-order valence-electron chi connectivity index (χ3n) is 7.76. The second-order valence-electron chi connectivity index (χ2n) is 10.2. The van der Waals surface area contributed by atoms with Gasteiger partial charge in [0.1, 0.15) is 12.0 Å². The maximum absolute atomic E-state index is 14.1. The number of nitrogens with zero attached hydrogens (tertiary/aromatic N) is 6. The van der Waals surface area contributed by atoms with Crippen LogP contribution in [0.1, 0.15) is 66.1 Å². The van der Waals surface area contributed by atoms with Crippen LogP contribution < -0.4 is 0 Å². The SMILES string of the molecule is O=C(c1c(-c2cncnc2)nn(-c2cccc(C(F)(F)F)c2)c1C1CC1)N1CCC(N2CCCC2)CC1. The summed E-state index contributed by atoms with van der Waals surface area (Å²) in [6.07, 6.45) is 6.18. The molecule has 0 atom stereocenters. The number of hydrogen-bond acceptors (Lipinski definition) is 5. The van der Waals surface area contributed by atoms with Crippen LogP contribution in [0, 0.1) is 0 Å². The topological polar surface area (TPSA) is 67.2 Å². The summed E-state index contributed by atoms with van der Waals surface area (Å²) in [5.74, 6) is -0.0413. The van der Waals surface area contributed by atoms with Gasteiger partial charge in [0.05, 0.1) is 22.5 Å². The minimum atomic E-state index is -4.47. The summed E-state index contributed by atoms with van der Waals surface area (Å²) >= 11 is 0. The maximum atomic E-state index is 14.1. The van der Waals surface area contributed by atoms with Gasteiger partial charge < -0.3 is 9.80 Å². The maximum Gasteiger partial charge on any atom is 0.416 e. The predicted molar refractivity (Wildman–Crippen MR) is 131 cm³/mol. The summed E-state index contributed by atoms with van der Waals surface area (Å²) in [4.78, 5) is 26.7. The molecule has 194 valence electrons. The van der Waals surface area contributed by atoms with Crippen molar-refractivity contribution in [1.29, 1.82) is 0 Å². The second-order valence-corrected chi connectivity index (χ2v) is 10.2. The number of rotatable bonds is 5. The first-order valence-corrected chi connectivity index (χ1v) is 13.0. The monoisotopic (exact) mass is 510 g/mol. The number of halogens is 3. The lowest BCUT2D eigenvalue weighted by atomic mass is 10.00. The summed E-state index contributed by atoms with van der Waals surface area (Å²) in [5.41, 5.74) is 1.70. The molecule has 3 fully saturated rings. The van der Waals surface area contributed by atoms with Gasteiger partial charge in [-0.2, -0.15) is 18.3 Å². The van der Waals surface area contributed by atoms with Crippen molar-refractivity contribution in [2.75, 3.05) is 26.2 Å². The first-order chi connectivity index (χ1) is 17.9. The highest BCUT2D eigenvalue weighted by Crippen LogP contribution is 2.45. The summed E-state index contributed by atoms with van der Waals surface area (Å²) in [6, 6.07) is 5.64. The van der Waals surface area contributed by atoms with Gasteiger partial charge in [0, 0.05) is 43.0 Å². The van der Waals surface area contributed by atoms with Gasteiger partial charge in [0.2, 0.25) is 0 Å². The quantitative estimate of drug-likeness (QED) is 0.487. The minimum absolute atomic E-state index is 0.0708. The van der Waals surface area contributed by atoms with E-state index in [1.165, 1.54) is 25.2 Å². The minimum Gasteiger partial charge on any atom is -0.338 e. The van der Waals surface area contributed by atoms with Crippen LogP contribution in [-0.2, 0) is 6.18 Å². The number of carbonyl (C=O) groups is 1. The van der Waals surface area contributed by atoms with Crippen molar-refractivity contribution >= 4 is 5.91 Å². The average Bonchev–Trinajstić information content (AvgIpc) is 3.45. The molecule has 1 aromatic carbocycles. The zero-order valence-corrected chi connectivity index (χ0v) is 20.5. The zero-order chi connectivity index (χ0) is 25.6. The second kappa shape index (κ2) is 9.55. The van der Waals surface area contributed by atoms with Gasteiger partial charge >= 0.3 is 6.18 Å². The van der Waals surface area contributed by atoms with Gasteiger partial charge in [0.25, 0.3) is 5.91 Å². The lowest BCUT2D eigenvalue weighted by Gasteiger charge is -2.36. The van der Waals surface area contributed by atoms with Gasteiger partial charge in [-0.3, -0.25) is 4.79 Å². The van der Waals surface area contributed by atoms with E-state index in [0.717, 1.165) is 50.9 Å². The molecule has 37 heavy (non-hydrogen) atoms. The normalized spacial score (nSPS) is 19.5. The van der Waals surface area contributed by atoms with Crippen LogP contribution in [0.3, 0.4) is 0 Å². The van der Waals surface area contributed by atoms with Crippen LogP contribution in [0.15, 0.2) is 43.0 Å². The number of likely N-dealkylation sites (tertiary alicyclic amines) is 2. The highest BCUT2D eigenvalue weighted by atomic mass is 19.4. The van der Waals surface area contributed by atoms with Crippen molar-refractivity contribution in [3.63, 3.8) is 0 Å². The molecule has 10 heteroatoms. The molecular weight excluding hydrogens is 481 g/mol. The molecule has 3 aromatic rings. The van der Waals surface area contributed by atoms with E-state index in [-0.39, 0.29) is 11.8 Å². The molecule has 6 rings (SSSR count). The van der Waals surface area contributed by atoms with Gasteiger partial charge in [-0.25, -0.2) is 14.6 Å². The van der Waals surface area contributed by atoms with Crippen LogP contribution in [0.25, 0.3) is 16.9 Å². The summed E-state index contributed by atoms with van der Waals surface area (Å²) in [5, 5.41) is 4.74. The van der Waals surface area contributed by atoms with Gasteiger partial charge in [-0.15, -0.1) is 0 Å². The molecule has 1 saturated carbocycles. The van der Waals surface area contributed by atoms with Gasteiger partial charge in [0.15, 0.2) is 0 Å². The number of benzene rings is 1. The fourth-order valence-electron chi connectivity index (χ4n) is 5.71. The highest BCUT2D eigenvalue weighted by molar-refractivity contribution is 6.01. The van der Waals surface area contributed by atoms with E-state index in [4.69, 9.17) is 5.10 Å². The van der Waals surface area contributed by atoms with Crippen molar-refractivity contribution in [3.8, 4) is 16.9 Å². The molecule has 0 unspecified atom stereocenters. The summed E-state index contributed by atoms with van der Waals surface area (Å²) in [6.45, 7) is 3.58. The number of amides is 1. The Labute approximate surface area is 213 Å². The molecule has 7 nitrogen and oxygen atoms in total. The van der Waals surface area contributed by atoms with Crippen LogP contribution in [0.2, 0.25) is 0 Å². The number of alkyl halides is 3. The molecule has 0 spiro atoms. The Hall–Kier alpha value is -3.27. The Morgan fingerprint density at radius 1 is 0.946 bits per heavy atom. The van der Waals surface area contributed by atoms with E-state index < -0.39 is 11.7 Å². The average molecular weight is 511 g/mol. The van der Waals surface area contributed by atoms with E-state index in [2.05, 4.69) is 14.9 Å². The molecule has 1 amide bonds. The Kier molecular flexibility index (Phi) is 6.22. The predicted octanol–water partition coefficient (Wildman–Crippen LogP) is 4.93. The fourth-order valence-corrected chi connectivity index (χ4v) is 5.71. The molecule has 0 N–H and O–H groups in total. The third-order valence-corrected chi connectivity index (χ3v) is 7.76. The number of carbonyl (C=O) groups excluding carboxylic acids is 1. The Morgan fingerprint density at radius 3 is 2.30 bits per heavy atom. The number of aromatic nitrogens is 4. The summed E-state index contributed by atoms with van der Waals surface area (Å²) < 4.78 is 42.1. The fraction of sp³-hybridized carbons (Fsp3) is 0.481. The summed E-state index contributed by atoms with van der Waals surface area (Å²) in [7, 11) is 0. The number of piperidine rings is 1. The van der Waals surface area contributed by atoms with E-state index in [1.807, 2.05) is 4.90 Å². The van der Waals surface area contributed by atoms with Crippen molar-refractivity contribution in [2.45, 2.75) is 56.7 Å². The van der Waals surface area contributed by atoms with Crippen molar-refractivity contribution < 1.29 is 18.0 Å². The smallest absolute Gasteiger partial charge is 0.338 e. The van der Waals surface area contributed by atoms with Crippen molar-refractivity contribution in [2.24, 2.45) is 0 Å². The lowest BCUT2D eigenvalue weighted by molar-refractivity contribution is -0.137. The Bertz CT molecular complexity index is 1270. The molecule has 1 aliphatic carbocycles. The molecule has 4 heterocycles. The Morgan fingerprint density at radius 2 is 1.65 bits per heavy atom. The molecule has 0 radical (unpaired) electrons. The van der Waals surface area contributed by atoms with Crippen LogP contribution >= 0.6 is 0 Å². The van der Waals surface area contributed by atoms with Gasteiger partial charge in [-0.1, -0.05) is 6.07 Å². The van der Waals surface area contributed by atoms with Crippen molar-refractivity contribution in [3.05, 3.63) is 59.8 Å². The molecule has 2 aromatic heterocycles. The zero-order valence-electron chi connectivity index (χ0n) is 20.5. The Balaban J connectivity index is 1.40. The van der Waals surface area contributed by atoms with E-state index in [1.54, 1.807) is 23.1 Å². The van der Waals surface area contributed by atoms with Crippen LogP contribution in [-0.4, -0.2) is 67.7 Å². The molecule has 2 aliphatic heterocycles. The van der Waals surface area contributed by atoms with E-state index in [9.17, 15) is 18.0 Å². The standard InChI is InChI=1S/C27H29F3N6O/c28-27(29,30)20-4-3-5-22(14-20)36-25(18-6-7-18)23(24(33-36)19-15-31-17-32-16-19)26(37)35-12-8-21(9-13-35)34-10-1-2-11-34/h3-5,14-18,21H,1-2,6-13H2. The lowest BCUT2D eigenvalue weighted by Crippen LogP contribution is -2.46. The van der Waals surface area contributed by atoms with Crippen LogP contribution in [0.5, 0.6) is 0 Å². The molecular formula is C27H29F3N6O. The van der Waals surface area contributed by atoms with Gasteiger partial charge in [-0.05, 0) is 69.8 Å². The van der Waals surface area contributed by atoms with Crippen LogP contribution in [0.4, 0.5) is 13.2 Å². The van der Waals surface area contributed by atoms with E-state index in [0.29, 0.717) is 47.3 Å². The van der Waals surface area contributed by atoms with Crippen molar-refractivity contribution in [1.82, 2.24) is 29.5 Å². The third kappa shape index (κ3) is 4.74.